The molecule has 4 nitrogen and oxygen atoms in total. The van der Waals surface area contributed by atoms with Crippen LogP contribution in [0.25, 0.3) is 0 Å². The molecule has 0 N–H and O–H groups in total. The van der Waals surface area contributed by atoms with Crippen LogP contribution in [0.4, 0.5) is 4.39 Å². The second-order valence-corrected chi connectivity index (χ2v) is 8.27. The van der Waals surface area contributed by atoms with E-state index in [9.17, 15) is 9.18 Å². The number of hydrogen-bond acceptors (Lipinski definition) is 3. The summed E-state index contributed by atoms with van der Waals surface area (Å²) in [6.45, 7) is 12.7. The van der Waals surface area contributed by atoms with Gasteiger partial charge in [-0.15, -0.1) is 0 Å². The van der Waals surface area contributed by atoms with Gasteiger partial charge in [-0.1, -0.05) is 12.1 Å². The molecule has 0 spiro atoms. The highest BCUT2D eigenvalue weighted by molar-refractivity contribution is 5.78. The number of aryl methyl sites for hydroxylation is 2. The number of piperazine rings is 1. The van der Waals surface area contributed by atoms with Crippen molar-refractivity contribution in [1.29, 1.82) is 0 Å². The molecule has 0 bridgehead atoms. The minimum Gasteiger partial charge on any atom is -0.484 e. The summed E-state index contributed by atoms with van der Waals surface area (Å²) in [5.41, 5.74) is 4.68. The van der Waals surface area contributed by atoms with Crippen LogP contribution in [0, 0.1) is 26.6 Å². The number of hydrogen-bond donors (Lipinski definition) is 0. The van der Waals surface area contributed by atoms with Gasteiger partial charge in [0.25, 0.3) is 5.91 Å². The van der Waals surface area contributed by atoms with E-state index in [4.69, 9.17) is 4.74 Å². The largest absolute Gasteiger partial charge is 0.484 e. The van der Waals surface area contributed by atoms with E-state index in [1.807, 2.05) is 29.2 Å². The number of amides is 1. The Morgan fingerprint density at radius 2 is 1.66 bits per heavy atom. The molecule has 0 unspecified atom stereocenters. The number of ether oxygens (including phenoxy) is 1. The van der Waals surface area contributed by atoms with Crippen LogP contribution in [0.15, 0.2) is 36.4 Å². The summed E-state index contributed by atoms with van der Waals surface area (Å²) in [5, 5.41) is 0. The van der Waals surface area contributed by atoms with Crippen molar-refractivity contribution in [2.75, 3.05) is 19.7 Å². The lowest BCUT2D eigenvalue weighted by molar-refractivity contribution is -0.139. The zero-order valence-electron chi connectivity index (χ0n) is 18.0. The highest BCUT2D eigenvalue weighted by Gasteiger charge is 2.32. The van der Waals surface area contributed by atoms with Gasteiger partial charge in [-0.05, 0) is 81.1 Å². The van der Waals surface area contributed by atoms with Crippen molar-refractivity contribution in [2.24, 2.45) is 0 Å². The van der Waals surface area contributed by atoms with Crippen molar-refractivity contribution in [3.05, 3.63) is 64.5 Å². The fourth-order valence-corrected chi connectivity index (χ4v) is 3.90. The summed E-state index contributed by atoms with van der Waals surface area (Å²) in [6, 6.07) is 10.9. The van der Waals surface area contributed by atoms with Gasteiger partial charge in [0.1, 0.15) is 11.6 Å². The molecular formula is C24H31FN2O2. The van der Waals surface area contributed by atoms with Crippen molar-refractivity contribution in [3.63, 3.8) is 0 Å². The van der Waals surface area contributed by atoms with Crippen molar-refractivity contribution < 1.29 is 13.9 Å². The summed E-state index contributed by atoms with van der Waals surface area (Å²) < 4.78 is 18.9. The molecule has 1 fully saturated rings. The van der Waals surface area contributed by atoms with Crippen molar-refractivity contribution in [2.45, 2.75) is 53.2 Å². The maximum absolute atomic E-state index is 13.1. The molecule has 1 amide bonds. The first kappa shape index (κ1) is 21.3. The summed E-state index contributed by atoms with van der Waals surface area (Å²) in [7, 11) is 0. The number of rotatable bonds is 5. The van der Waals surface area contributed by atoms with E-state index >= 15 is 0 Å². The van der Waals surface area contributed by atoms with Crippen molar-refractivity contribution in [3.8, 4) is 5.75 Å². The second-order valence-electron chi connectivity index (χ2n) is 8.27. The topological polar surface area (TPSA) is 32.8 Å². The molecule has 0 aromatic heterocycles. The Hall–Kier alpha value is -2.40. The van der Waals surface area contributed by atoms with Crippen LogP contribution in [0.1, 0.15) is 36.1 Å². The Labute approximate surface area is 173 Å². The first-order valence-corrected chi connectivity index (χ1v) is 10.2. The average Bonchev–Trinajstić information content (AvgIpc) is 2.68. The number of carbonyl (C=O) groups is 1. The van der Waals surface area contributed by atoms with Crippen LogP contribution in [-0.2, 0) is 11.3 Å². The molecule has 2 aromatic carbocycles. The Kier molecular flexibility index (Phi) is 6.58. The smallest absolute Gasteiger partial charge is 0.260 e. The van der Waals surface area contributed by atoms with E-state index in [1.165, 1.54) is 28.8 Å². The minimum atomic E-state index is -0.218. The van der Waals surface area contributed by atoms with Gasteiger partial charge in [0.05, 0.1) is 0 Å². The van der Waals surface area contributed by atoms with Gasteiger partial charge in [0, 0.05) is 31.7 Å². The summed E-state index contributed by atoms with van der Waals surface area (Å²) >= 11 is 0. The van der Waals surface area contributed by atoms with E-state index in [0.29, 0.717) is 6.54 Å². The molecule has 0 radical (unpaired) electrons. The van der Waals surface area contributed by atoms with E-state index in [1.54, 1.807) is 0 Å². The predicted molar refractivity (Wildman–Crippen MR) is 114 cm³/mol. The molecule has 0 aliphatic carbocycles. The van der Waals surface area contributed by atoms with Crippen LogP contribution < -0.4 is 4.74 Å². The molecule has 1 aliphatic heterocycles. The lowest BCUT2D eigenvalue weighted by Crippen LogP contribution is -2.58. The first-order valence-electron chi connectivity index (χ1n) is 10.2. The maximum atomic E-state index is 13.1. The van der Waals surface area contributed by atoms with Gasteiger partial charge in [-0.2, -0.15) is 0 Å². The molecule has 2 aromatic rings. The molecule has 1 heterocycles. The third kappa shape index (κ3) is 5.15. The summed E-state index contributed by atoms with van der Waals surface area (Å²) in [5.74, 6) is 0.542. The molecule has 29 heavy (non-hydrogen) atoms. The standard InChI is InChI=1S/C24H31FN2O2/c1-16-10-23(11-17(2)20(16)5)29-15-24(28)27-13-18(3)26(12-19(27)4)14-21-6-8-22(25)9-7-21/h6-11,18-19H,12-15H2,1-5H3/t18-,19+/m0/s1. The van der Waals surface area contributed by atoms with E-state index in [0.717, 1.165) is 24.4 Å². The quantitative estimate of drug-likeness (QED) is 0.755. The molecule has 0 saturated carbocycles. The molecule has 3 rings (SSSR count). The fourth-order valence-electron chi connectivity index (χ4n) is 3.90. The molecule has 1 saturated heterocycles. The lowest BCUT2D eigenvalue weighted by atomic mass is 10.0. The Morgan fingerprint density at radius 3 is 2.28 bits per heavy atom. The van der Waals surface area contributed by atoms with Crippen LogP contribution in [-0.4, -0.2) is 47.5 Å². The van der Waals surface area contributed by atoms with Gasteiger partial charge in [0.2, 0.25) is 0 Å². The van der Waals surface area contributed by atoms with Gasteiger partial charge in [0.15, 0.2) is 6.61 Å². The van der Waals surface area contributed by atoms with Gasteiger partial charge >= 0.3 is 0 Å². The van der Waals surface area contributed by atoms with Crippen LogP contribution in [0.3, 0.4) is 0 Å². The molecule has 156 valence electrons. The second kappa shape index (κ2) is 8.95. The first-order chi connectivity index (χ1) is 13.7. The molecule has 1 aliphatic rings. The maximum Gasteiger partial charge on any atom is 0.260 e. The van der Waals surface area contributed by atoms with Gasteiger partial charge in [-0.3, -0.25) is 9.69 Å². The zero-order valence-corrected chi connectivity index (χ0v) is 18.0. The monoisotopic (exact) mass is 398 g/mol. The summed E-state index contributed by atoms with van der Waals surface area (Å²) in [4.78, 5) is 17.1. The van der Waals surface area contributed by atoms with Crippen LogP contribution >= 0.6 is 0 Å². The van der Waals surface area contributed by atoms with Crippen LogP contribution in [0.5, 0.6) is 5.75 Å². The molecule has 5 heteroatoms. The lowest BCUT2D eigenvalue weighted by Gasteiger charge is -2.44. The summed E-state index contributed by atoms with van der Waals surface area (Å²) in [6.07, 6.45) is 0. The van der Waals surface area contributed by atoms with Gasteiger partial charge < -0.3 is 9.64 Å². The molecule has 2 atom stereocenters. The molecular weight excluding hydrogens is 367 g/mol. The number of carbonyl (C=O) groups excluding carboxylic acids is 1. The highest BCUT2D eigenvalue weighted by Crippen LogP contribution is 2.22. The third-order valence-electron chi connectivity index (χ3n) is 6.00. The van der Waals surface area contributed by atoms with E-state index in [-0.39, 0.29) is 30.4 Å². The minimum absolute atomic E-state index is 0.0154. The fraction of sp³-hybridized carbons (Fsp3) is 0.458. The average molecular weight is 399 g/mol. The highest BCUT2D eigenvalue weighted by atomic mass is 19.1. The number of benzene rings is 2. The van der Waals surface area contributed by atoms with Crippen LogP contribution in [0.2, 0.25) is 0 Å². The van der Waals surface area contributed by atoms with Crippen molar-refractivity contribution >= 4 is 5.91 Å². The van der Waals surface area contributed by atoms with E-state index in [2.05, 4.69) is 39.5 Å². The number of halogens is 1. The third-order valence-corrected chi connectivity index (χ3v) is 6.00. The Balaban J connectivity index is 1.57. The number of nitrogens with zero attached hydrogens (tertiary/aromatic N) is 2. The van der Waals surface area contributed by atoms with Crippen molar-refractivity contribution in [1.82, 2.24) is 9.80 Å². The normalized spacial score (nSPS) is 20.0. The predicted octanol–water partition coefficient (Wildman–Crippen LogP) is 4.25. The van der Waals surface area contributed by atoms with E-state index < -0.39 is 0 Å². The Morgan fingerprint density at radius 1 is 1.03 bits per heavy atom. The zero-order chi connectivity index (χ0) is 21.1. The SMILES string of the molecule is Cc1cc(OCC(=O)N2C[C@H](C)N(Cc3ccc(F)cc3)C[C@H]2C)cc(C)c1C. The van der Waals surface area contributed by atoms with Gasteiger partial charge in [-0.25, -0.2) is 4.39 Å². The Bertz CT molecular complexity index is 843.